The number of nitrogens with zero attached hydrogens (tertiary/aromatic N) is 1. The first kappa shape index (κ1) is 14.7. The predicted molar refractivity (Wildman–Crippen MR) is 54.6 cm³/mol. The molecule has 0 heterocycles. The van der Waals surface area contributed by atoms with Crippen LogP contribution in [0.15, 0.2) is 28.3 Å². The summed E-state index contributed by atoms with van der Waals surface area (Å²) in [6, 6.07) is 0. The van der Waals surface area contributed by atoms with Gasteiger partial charge in [-0.25, -0.2) is 0 Å². The number of hydrogen-bond donors (Lipinski definition) is 0. The van der Waals surface area contributed by atoms with Gasteiger partial charge in [-0.2, -0.15) is 13.2 Å². The van der Waals surface area contributed by atoms with Gasteiger partial charge >= 0.3 is 6.18 Å². The highest BCUT2D eigenvalue weighted by molar-refractivity contribution is 5.28. The molecule has 0 amide bonds. The lowest BCUT2D eigenvalue weighted by molar-refractivity contribution is -0.164. The van der Waals surface area contributed by atoms with Crippen LogP contribution in [0.3, 0.4) is 0 Å². The van der Waals surface area contributed by atoms with Crippen LogP contribution in [0.1, 0.15) is 27.2 Å². The predicted octanol–water partition coefficient (Wildman–Crippen LogP) is 3.92. The zero-order chi connectivity index (χ0) is 12.8. The summed E-state index contributed by atoms with van der Waals surface area (Å²) >= 11 is 0. The maximum absolute atomic E-state index is 12.0. The second-order valence-electron chi connectivity index (χ2n) is 3.13. The van der Waals surface area contributed by atoms with E-state index in [9.17, 15) is 18.1 Å². The fourth-order valence-electron chi connectivity index (χ4n) is 0.956. The van der Waals surface area contributed by atoms with Gasteiger partial charge in [0.2, 0.25) is 0 Å². The quantitative estimate of drug-likeness (QED) is 0.413. The fraction of sp³-hybridized carbons (Fsp3) is 0.600. The van der Waals surface area contributed by atoms with Gasteiger partial charge in [-0.15, -0.1) is 4.91 Å². The van der Waals surface area contributed by atoms with Gasteiger partial charge < -0.3 is 4.74 Å². The Morgan fingerprint density at radius 1 is 1.44 bits per heavy atom. The number of nitroso groups, excluding NO2 is 1. The Morgan fingerprint density at radius 2 is 2.00 bits per heavy atom. The van der Waals surface area contributed by atoms with E-state index in [1.54, 1.807) is 13.8 Å². The molecule has 0 bridgehead atoms. The van der Waals surface area contributed by atoms with E-state index in [4.69, 9.17) is 0 Å². The number of allylic oxidation sites excluding steroid dienone is 2. The standard InChI is InChI=1S/C10H14F3NO2/c1-4-7(3)9(8(5-2)14-15)16-6-10(11,12)13/h5H,4,6H2,1-3H3/b8-5+,9-7-. The lowest BCUT2D eigenvalue weighted by Crippen LogP contribution is -2.17. The van der Waals surface area contributed by atoms with Gasteiger partial charge in [0.1, 0.15) is 11.5 Å². The molecule has 6 heteroatoms. The zero-order valence-corrected chi connectivity index (χ0v) is 9.39. The molecule has 0 atom stereocenters. The Labute approximate surface area is 91.9 Å². The first-order valence-electron chi connectivity index (χ1n) is 4.75. The molecule has 16 heavy (non-hydrogen) atoms. The summed E-state index contributed by atoms with van der Waals surface area (Å²) in [7, 11) is 0. The molecule has 0 aromatic rings. The average molecular weight is 237 g/mol. The van der Waals surface area contributed by atoms with Gasteiger partial charge in [0.15, 0.2) is 6.61 Å². The number of halogens is 3. The van der Waals surface area contributed by atoms with Crippen molar-refractivity contribution >= 4 is 0 Å². The van der Waals surface area contributed by atoms with Crippen LogP contribution in [0.5, 0.6) is 0 Å². The molecule has 92 valence electrons. The Morgan fingerprint density at radius 3 is 2.31 bits per heavy atom. The third kappa shape index (κ3) is 4.95. The molecule has 0 aromatic heterocycles. The van der Waals surface area contributed by atoms with Crippen LogP contribution in [0.2, 0.25) is 0 Å². The van der Waals surface area contributed by atoms with E-state index < -0.39 is 12.8 Å². The lowest BCUT2D eigenvalue weighted by Gasteiger charge is -2.14. The van der Waals surface area contributed by atoms with Crippen molar-refractivity contribution in [3.8, 4) is 0 Å². The Kier molecular flexibility index (Phi) is 5.77. The van der Waals surface area contributed by atoms with Crippen LogP contribution < -0.4 is 0 Å². The van der Waals surface area contributed by atoms with Crippen molar-refractivity contribution in [3.05, 3.63) is 28.0 Å². The third-order valence-electron chi connectivity index (χ3n) is 1.90. The van der Waals surface area contributed by atoms with Crippen molar-refractivity contribution in [2.75, 3.05) is 6.61 Å². The van der Waals surface area contributed by atoms with Crippen molar-refractivity contribution < 1.29 is 17.9 Å². The number of hydrogen-bond acceptors (Lipinski definition) is 3. The lowest BCUT2D eigenvalue weighted by atomic mass is 10.1. The Balaban J connectivity index is 4.93. The van der Waals surface area contributed by atoms with E-state index >= 15 is 0 Å². The van der Waals surface area contributed by atoms with Gasteiger partial charge in [-0.3, -0.25) is 0 Å². The largest absolute Gasteiger partial charge is 0.482 e. The molecule has 0 radical (unpaired) electrons. The van der Waals surface area contributed by atoms with Gasteiger partial charge in [0.05, 0.1) is 0 Å². The van der Waals surface area contributed by atoms with E-state index in [2.05, 4.69) is 9.91 Å². The SMILES string of the molecule is C/C=C(N=O)\C(OCC(F)(F)F)=C(/C)CC. The molecule has 0 aromatic carbocycles. The fourth-order valence-corrected chi connectivity index (χ4v) is 0.956. The summed E-state index contributed by atoms with van der Waals surface area (Å²) in [5, 5.41) is 2.64. The summed E-state index contributed by atoms with van der Waals surface area (Å²) in [5.41, 5.74) is 0.445. The van der Waals surface area contributed by atoms with Crippen molar-refractivity contribution in [2.24, 2.45) is 5.18 Å². The normalized spacial score (nSPS) is 14.5. The van der Waals surface area contributed by atoms with Gasteiger partial charge in [0, 0.05) is 0 Å². The third-order valence-corrected chi connectivity index (χ3v) is 1.90. The first-order valence-corrected chi connectivity index (χ1v) is 4.75. The number of rotatable bonds is 5. The van der Waals surface area contributed by atoms with E-state index in [0.717, 1.165) is 0 Å². The van der Waals surface area contributed by atoms with Gasteiger partial charge in [-0.05, 0) is 31.0 Å². The summed E-state index contributed by atoms with van der Waals surface area (Å²) in [6.07, 6.45) is -2.63. The highest BCUT2D eigenvalue weighted by Gasteiger charge is 2.29. The molecule has 0 fully saturated rings. The minimum absolute atomic E-state index is 0.0858. The first-order chi connectivity index (χ1) is 7.35. The van der Waals surface area contributed by atoms with Crippen molar-refractivity contribution in [2.45, 2.75) is 33.4 Å². The minimum atomic E-state index is -4.43. The summed E-state index contributed by atoms with van der Waals surface area (Å²) in [5.74, 6) is -0.0858. The van der Waals surface area contributed by atoms with Crippen LogP contribution in [0.25, 0.3) is 0 Å². The molecule has 0 N–H and O–H groups in total. The molecule has 0 unspecified atom stereocenters. The summed E-state index contributed by atoms with van der Waals surface area (Å²) in [4.78, 5) is 10.4. The molecular weight excluding hydrogens is 223 g/mol. The molecule has 0 saturated carbocycles. The topological polar surface area (TPSA) is 38.7 Å². The van der Waals surface area contributed by atoms with Crippen LogP contribution >= 0.6 is 0 Å². The van der Waals surface area contributed by atoms with Crippen molar-refractivity contribution in [1.29, 1.82) is 0 Å². The van der Waals surface area contributed by atoms with Crippen LogP contribution in [-0.2, 0) is 4.74 Å². The smallest absolute Gasteiger partial charge is 0.422 e. The maximum atomic E-state index is 12.0. The molecular formula is C10H14F3NO2. The number of alkyl halides is 3. The van der Waals surface area contributed by atoms with Crippen LogP contribution in [-0.4, -0.2) is 12.8 Å². The Hall–Kier alpha value is -1.33. The monoisotopic (exact) mass is 237 g/mol. The second-order valence-corrected chi connectivity index (χ2v) is 3.13. The van der Waals surface area contributed by atoms with E-state index in [1.165, 1.54) is 13.0 Å². The highest BCUT2D eigenvalue weighted by Crippen LogP contribution is 2.23. The molecule has 0 saturated heterocycles. The van der Waals surface area contributed by atoms with Crippen molar-refractivity contribution in [1.82, 2.24) is 0 Å². The van der Waals surface area contributed by atoms with Crippen LogP contribution in [0.4, 0.5) is 13.2 Å². The molecule has 0 aliphatic heterocycles. The van der Waals surface area contributed by atoms with E-state index in [-0.39, 0.29) is 11.5 Å². The van der Waals surface area contributed by atoms with Gasteiger partial charge in [-0.1, -0.05) is 13.0 Å². The summed E-state index contributed by atoms with van der Waals surface area (Å²) < 4.78 is 40.5. The Bertz CT molecular complexity index is 306. The maximum Gasteiger partial charge on any atom is 0.422 e. The van der Waals surface area contributed by atoms with Crippen molar-refractivity contribution in [3.63, 3.8) is 0 Å². The second kappa shape index (κ2) is 6.30. The zero-order valence-electron chi connectivity index (χ0n) is 9.39. The number of ether oxygens (including phenoxy) is 1. The molecule has 0 aliphatic carbocycles. The molecule has 0 aliphatic rings. The van der Waals surface area contributed by atoms with Gasteiger partial charge in [0.25, 0.3) is 0 Å². The molecule has 3 nitrogen and oxygen atoms in total. The molecule has 0 spiro atoms. The minimum Gasteiger partial charge on any atom is -0.482 e. The molecule has 0 rings (SSSR count). The van der Waals surface area contributed by atoms with E-state index in [0.29, 0.717) is 12.0 Å². The summed E-state index contributed by atoms with van der Waals surface area (Å²) in [6.45, 7) is 3.44. The average Bonchev–Trinajstić information content (AvgIpc) is 2.21. The van der Waals surface area contributed by atoms with Crippen LogP contribution in [0, 0.1) is 4.91 Å². The van der Waals surface area contributed by atoms with E-state index in [1.807, 2.05) is 0 Å². The highest BCUT2D eigenvalue weighted by atomic mass is 19.4.